The predicted molar refractivity (Wildman–Crippen MR) is 60.9 cm³/mol. The fourth-order valence-corrected chi connectivity index (χ4v) is 2.23. The highest BCUT2D eigenvalue weighted by Crippen LogP contribution is 2.31. The van der Waals surface area contributed by atoms with Crippen LogP contribution in [0.4, 0.5) is 0 Å². The van der Waals surface area contributed by atoms with E-state index in [0.717, 1.165) is 4.88 Å². The topological polar surface area (TPSA) is 63.3 Å². The number of aromatic nitrogens is 1. The molecule has 2 aromatic rings. The number of thiophene rings is 1. The van der Waals surface area contributed by atoms with Crippen molar-refractivity contribution in [1.29, 1.82) is 0 Å². The molecule has 0 aliphatic heterocycles. The average molecular weight is 258 g/mol. The van der Waals surface area contributed by atoms with E-state index < -0.39 is 5.97 Å². The molecule has 0 saturated heterocycles. The van der Waals surface area contributed by atoms with Gasteiger partial charge in [0.05, 0.1) is 14.9 Å². The molecule has 0 bridgehead atoms. The maximum atomic E-state index is 10.6. The maximum absolute atomic E-state index is 10.6. The van der Waals surface area contributed by atoms with Crippen LogP contribution in [0.2, 0.25) is 4.34 Å². The third kappa shape index (κ3) is 2.25. The summed E-state index contributed by atoms with van der Waals surface area (Å²) in [7, 11) is 0. The first-order valence-electron chi connectivity index (χ1n) is 4.50. The molecule has 4 nitrogen and oxygen atoms in total. The molecule has 0 fully saturated rings. The number of aliphatic carboxylic acids is 1. The molecule has 84 valence electrons. The number of carboxylic acids is 1. The number of hydrogen-bond donors (Lipinski definition) is 1. The van der Waals surface area contributed by atoms with Crippen LogP contribution in [0.15, 0.2) is 16.5 Å². The second-order valence-electron chi connectivity index (χ2n) is 3.20. The SMILES string of the molecule is Cc1nc(-c2ccc(Cl)s2)oc1CC(=O)O. The summed E-state index contributed by atoms with van der Waals surface area (Å²) >= 11 is 7.14. The number of carbonyl (C=O) groups is 1. The van der Waals surface area contributed by atoms with E-state index in [4.69, 9.17) is 21.1 Å². The van der Waals surface area contributed by atoms with Crippen LogP contribution in [-0.2, 0) is 11.2 Å². The van der Waals surface area contributed by atoms with Crippen molar-refractivity contribution in [2.75, 3.05) is 0 Å². The first-order chi connectivity index (χ1) is 7.56. The fourth-order valence-electron chi connectivity index (χ4n) is 1.26. The van der Waals surface area contributed by atoms with E-state index >= 15 is 0 Å². The van der Waals surface area contributed by atoms with Crippen LogP contribution in [0.3, 0.4) is 0 Å². The molecular formula is C10H8ClNO3S. The molecule has 1 N–H and O–H groups in total. The van der Waals surface area contributed by atoms with E-state index in [-0.39, 0.29) is 6.42 Å². The Labute approximate surface area is 100 Å². The van der Waals surface area contributed by atoms with Gasteiger partial charge in [-0.1, -0.05) is 11.6 Å². The zero-order valence-corrected chi connectivity index (χ0v) is 9.93. The summed E-state index contributed by atoms with van der Waals surface area (Å²) < 4.78 is 6.03. The highest BCUT2D eigenvalue weighted by atomic mass is 35.5. The first kappa shape index (κ1) is 11.2. The Balaban J connectivity index is 2.33. The lowest BCUT2D eigenvalue weighted by Crippen LogP contribution is -1.99. The Morgan fingerprint density at radius 3 is 2.94 bits per heavy atom. The van der Waals surface area contributed by atoms with Gasteiger partial charge in [-0.15, -0.1) is 11.3 Å². The molecule has 0 saturated carbocycles. The number of rotatable bonds is 3. The number of hydrogen-bond acceptors (Lipinski definition) is 4. The van der Waals surface area contributed by atoms with E-state index in [0.29, 0.717) is 21.7 Å². The summed E-state index contributed by atoms with van der Waals surface area (Å²) in [5.41, 5.74) is 0.599. The van der Waals surface area contributed by atoms with Crippen LogP contribution < -0.4 is 0 Å². The van der Waals surface area contributed by atoms with Crippen molar-refractivity contribution >= 4 is 28.9 Å². The minimum Gasteiger partial charge on any atom is -0.481 e. The normalized spacial score (nSPS) is 10.6. The molecule has 2 aromatic heterocycles. The van der Waals surface area contributed by atoms with Gasteiger partial charge in [0.25, 0.3) is 0 Å². The van der Waals surface area contributed by atoms with Crippen LogP contribution >= 0.6 is 22.9 Å². The third-order valence-corrected chi connectivity index (χ3v) is 3.21. The van der Waals surface area contributed by atoms with E-state index in [9.17, 15) is 4.79 Å². The third-order valence-electron chi connectivity index (χ3n) is 1.99. The number of carboxylic acid groups (broad SMARTS) is 1. The monoisotopic (exact) mass is 257 g/mol. The summed E-state index contributed by atoms with van der Waals surface area (Å²) in [5, 5.41) is 8.67. The maximum Gasteiger partial charge on any atom is 0.311 e. The summed E-state index contributed by atoms with van der Waals surface area (Å²) in [6, 6.07) is 3.54. The fraction of sp³-hybridized carbons (Fsp3) is 0.200. The van der Waals surface area contributed by atoms with Gasteiger partial charge in [-0.25, -0.2) is 4.98 Å². The predicted octanol–water partition coefficient (Wildman–Crippen LogP) is 2.99. The van der Waals surface area contributed by atoms with Crippen molar-refractivity contribution in [3.63, 3.8) is 0 Å². The second kappa shape index (κ2) is 4.27. The molecule has 0 amide bonds. The van der Waals surface area contributed by atoms with Gasteiger partial charge in [-0.05, 0) is 19.1 Å². The Bertz CT molecular complexity index is 532. The Morgan fingerprint density at radius 2 is 2.38 bits per heavy atom. The Hall–Kier alpha value is -1.33. The van der Waals surface area contributed by atoms with Gasteiger partial charge in [0.2, 0.25) is 5.89 Å². The van der Waals surface area contributed by atoms with Crippen molar-refractivity contribution in [3.8, 4) is 10.8 Å². The van der Waals surface area contributed by atoms with Gasteiger partial charge in [0, 0.05) is 0 Å². The lowest BCUT2D eigenvalue weighted by Gasteiger charge is -1.90. The van der Waals surface area contributed by atoms with Gasteiger partial charge in [-0.3, -0.25) is 4.79 Å². The van der Waals surface area contributed by atoms with Crippen LogP contribution in [0.1, 0.15) is 11.5 Å². The van der Waals surface area contributed by atoms with Crippen LogP contribution in [-0.4, -0.2) is 16.1 Å². The molecule has 0 spiro atoms. The average Bonchev–Trinajstić information content (AvgIpc) is 2.74. The van der Waals surface area contributed by atoms with Gasteiger partial charge in [0.1, 0.15) is 12.2 Å². The van der Waals surface area contributed by atoms with Crippen molar-refractivity contribution in [1.82, 2.24) is 4.98 Å². The quantitative estimate of drug-likeness (QED) is 0.918. The second-order valence-corrected chi connectivity index (χ2v) is 4.92. The molecule has 16 heavy (non-hydrogen) atoms. The van der Waals surface area contributed by atoms with Gasteiger partial charge in [0.15, 0.2) is 0 Å². The smallest absolute Gasteiger partial charge is 0.311 e. The Kier molecular flexibility index (Phi) is 2.98. The molecular weight excluding hydrogens is 250 g/mol. The molecule has 6 heteroatoms. The summed E-state index contributed by atoms with van der Waals surface area (Å²) in [4.78, 5) is 15.5. The van der Waals surface area contributed by atoms with Crippen LogP contribution in [0, 0.1) is 6.92 Å². The van der Waals surface area contributed by atoms with Crippen molar-refractivity contribution in [2.45, 2.75) is 13.3 Å². The van der Waals surface area contributed by atoms with Crippen LogP contribution in [0.25, 0.3) is 10.8 Å². The molecule has 0 radical (unpaired) electrons. The van der Waals surface area contributed by atoms with Crippen LogP contribution in [0.5, 0.6) is 0 Å². The molecule has 0 unspecified atom stereocenters. The first-order valence-corrected chi connectivity index (χ1v) is 5.69. The summed E-state index contributed by atoms with van der Waals surface area (Å²) in [6.07, 6.45) is -0.155. The van der Waals surface area contributed by atoms with Crippen molar-refractivity contribution in [2.24, 2.45) is 0 Å². The molecule has 0 aliphatic rings. The number of oxazole rings is 1. The minimum absolute atomic E-state index is 0.155. The number of halogens is 1. The highest BCUT2D eigenvalue weighted by molar-refractivity contribution is 7.19. The zero-order chi connectivity index (χ0) is 11.7. The van der Waals surface area contributed by atoms with Crippen molar-refractivity contribution in [3.05, 3.63) is 27.9 Å². The lowest BCUT2D eigenvalue weighted by molar-refractivity contribution is -0.136. The van der Waals surface area contributed by atoms with E-state index in [2.05, 4.69) is 4.98 Å². The van der Waals surface area contributed by atoms with Gasteiger partial charge < -0.3 is 9.52 Å². The molecule has 2 rings (SSSR count). The minimum atomic E-state index is -0.935. The van der Waals surface area contributed by atoms with E-state index in [1.165, 1.54) is 11.3 Å². The summed E-state index contributed by atoms with van der Waals surface area (Å²) in [5.74, 6) is -0.132. The van der Waals surface area contributed by atoms with Crippen molar-refractivity contribution < 1.29 is 14.3 Å². The lowest BCUT2D eigenvalue weighted by atomic mass is 10.3. The van der Waals surface area contributed by atoms with E-state index in [1.54, 1.807) is 19.1 Å². The standard InChI is InChI=1S/C10H8ClNO3S/c1-5-6(4-9(13)14)15-10(12-5)7-2-3-8(11)16-7/h2-3H,4H2,1H3,(H,13,14). The molecule has 0 aromatic carbocycles. The largest absolute Gasteiger partial charge is 0.481 e. The van der Waals surface area contributed by atoms with Gasteiger partial charge in [-0.2, -0.15) is 0 Å². The zero-order valence-electron chi connectivity index (χ0n) is 8.36. The Morgan fingerprint density at radius 1 is 1.62 bits per heavy atom. The highest BCUT2D eigenvalue weighted by Gasteiger charge is 2.15. The summed E-state index contributed by atoms with van der Waals surface area (Å²) in [6.45, 7) is 1.72. The number of nitrogens with zero attached hydrogens (tertiary/aromatic N) is 1. The number of aryl methyl sites for hydroxylation is 1. The molecule has 0 aliphatic carbocycles. The van der Waals surface area contributed by atoms with Gasteiger partial charge >= 0.3 is 5.97 Å². The molecule has 2 heterocycles. The van der Waals surface area contributed by atoms with E-state index in [1.807, 2.05) is 0 Å². The molecule has 0 atom stereocenters.